The normalized spacial score (nSPS) is 14.4. The van der Waals surface area contributed by atoms with Crippen molar-refractivity contribution in [3.8, 4) is 10.6 Å². The Kier molecular flexibility index (Phi) is 3.57. The van der Waals surface area contributed by atoms with Gasteiger partial charge in [0.05, 0.1) is 0 Å². The number of amides is 1. The monoisotopic (exact) mass is 286 g/mol. The average molecular weight is 286 g/mol. The van der Waals surface area contributed by atoms with Gasteiger partial charge in [-0.25, -0.2) is 4.98 Å². The van der Waals surface area contributed by atoms with E-state index in [4.69, 9.17) is 0 Å². The van der Waals surface area contributed by atoms with Gasteiger partial charge in [-0.15, -0.1) is 11.3 Å². The molecule has 0 unspecified atom stereocenters. The number of aromatic nitrogens is 1. The van der Waals surface area contributed by atoms with Crippen LogP contribution in [0.4, 0.5) is 0 Å². The zero-order valence-corrected chi connectivity index (χ0v) is 12.6. The van der Waals surface area contributed by atoms with Crippen LogP contribution in [0.25, 0.3) is 10.6 Å². The molecule has 0 bridgehead atoms. The third-order valence-corrected chi connectivity index (χ3v) is 4.58. The molecule has 0 atom stereocenters. The van der Waals surface area contributed by atoms with Crippen molar-refractivity contribution in [2.24, 2.45) is 0 Å². The van der Waals surface area contributed by atoms with Gasteiger partial charge in [0.25, 0.3) is 5.91 Å². The third kappa shape index (κ3) is 2.48. The summed E-state index contributed by atoms with van der Waals surface area (Å²) in [4.78, 5) is 18.4. The summed E-state index contributed by atoms with van der Waals surface area (Å²) in [5, 5.41) is 2.79. The number of benzene rings is 1. The minimum atomic E-state index is 0.0672. The van der Waals surface area contributed by atoms with Crippen LogP contribution in [0.1, 0.15) is 42.2 Å². The first-order chi connectivity index (χ1) is 9.65. The van der Waals surface area contributed by atoms with Crippen LogP contribution in [0.3, 0.4) is 0 Å². The van der Waals surface area contributed by atoms with Crippen LogP contribution in [0.15, 0.2) is 29.6 Å². The number of carbonyl (C=O) groups is 1. The number of hydrogen-bond donors (Lipinski definition) is 0. The second kappa shape index (κ2) is 5.37. The lowest BCUT2D eigenvalue weighted by Crippen LogP contribution is -2.42. The molecule has 1 aromatic carbocycles. The third-order valence-electron chi connectivity index (χ3n) is 3.69. The number of likely N-dealkylation sites (tertiary alicyclic amines) is 1. The van der Waals surface area contributed by atoms with E-state index >= 15 is 0 Å². The molecule has 0 saturated carbocycles. The molecule has 0 spiro atoms. The average Bonchev–Trinajstić information content (AvgIpc) is 2.86. The maximum Gasteiger partial charge on any atom is 0.273 e. The highest BCUT2D eigenvalue weighted by Gasteiger charge is 2.23. The topological polar surface area (TPSA) is 33.2 Å². The van der Waals surface area contributed by atoms with Gasteiger partial charge < -0.3 is 4.90 Å². The van der Waals surface area contributed by atoms with Crippen molar-refractivity contribution in [2.45, 2.75) is 26.2 Å². The van der Waals surface area contributed by atoms with Gasteiger partial charge in [-0.2, -0.15) is 0 Å². The van der Waals surface area contributed by atoms with E-state index in [0.29, 0.717) is 11.6 Å². The molecule has 1 aromatic heterocycles. The van der Waals surface area contributed by atoms with Gasteiger partial charge in [-0.3, -0.25) is 4.79 Å². The molecule has 0 N–H and O–H groups in total. The predicted octanol–water partition coefficient (Wildman–Crippen LogP) is 3.78. The molecule has 2 heterocycles. The van der Waals surface area contributed by atoms with E-state index in [2.05, 4.69) is 43.1 Å². The van der Waals surface area contributed by atoms with Crippen molar-refractivity contribution in [3.05, 3.63) is 40.9 Å². The van der Waals surface area contributed by atoms with E-state index < -0.39 is 0 Å². The Balaban J connectivity index is 1.80. The number of thiazole rings is 1. The Labute approximate surface area is 123 Å². The van der Waals surface area contributed by atoms with E-state index in [1.807, 2.05) is 10.3 Å². The number of carbonyl (C=O) groups excluding carboxylic acids is 1. The van der Waals surface area contributed by atoms with Crippen molar-refractivity contribution in [2.75, 3.05) is 13.1 Å². The largest absolute Gasteiger partial charge is 0.337 e. The quantitative estimate of drug-likeness (QED) is 0.860. The minimum Gasteiger partial charge on any atom is -0.337 e. The first kappa shape index (κ1) is 13.3. The van der Waals surface area contributed by atoms with Crippen LogP contribution in [-0.4, -0.2) is 28.9 Å². The molecule has 0 radical (unpaired) electrons. The highest BCUT2D eigenvalue weighted by molar-refractivity contribution is 7.13. The second-order valence-electron chi connectivity index (χ2n) is 5.46. The smallest absolute Gasteiger partial charge is 0.273 e. The summed E-state index contributed by atoms with van der Waals surface area (Å²) in [5.41, 5.74) is 2.99. The van der Waals surface area contributed by atoms with Gasteiger partial charge >= 0.3 is 0 Å². The van der Waals surface area contributed by atoms with Crippen LogP contribution in [0.5, 0.6) is 0 Å². The molecule has 1 amide bonds. The van der Waals surface area contributed by atoms with Crippen molar-refractivity contribution >= 4 is 17.2 Å². The van der Waals surface area contributed by atoms with Gasteiger partial charge in [0.1, 0.15) is 10.7 Å². The highest BCUT2D eigenvalue weighted by atomic mass is 32.1. The summed E-state index contributed by atoms with van der Waals surface area (Å²) in [6.45, 7) is 6.11. The lowest BCUT2D eigenvalue weighted by atomic mass is 10.0. The maximum atomic E-state index is 12.1. The summed E-state index contributed by atoms with van der Waals surface area (Å²) in [5.74, 6) is 0.599. The Morgan fingerprint density at radius 2 is 1.95 bits per heavy atom. The lowest BCUT2D eigenvalue weighted by molar-refractivity contribution is 0.0646. The van der Waals surface area contributed by atoms with Crippen molar-refractivity contribution in [1.29, 1.82) is 0 Å². The van der Waals surface area contributed by atoms with Crippen LogP contribution >= 0.6 is 11.3 Å². The summed E-state index contributed by atoms with van der Waals surface area (Å²) < 4.78 is 0. The zero-order chi connectivity index (χ0) is 14.1. The zero-order valence-electron chi connectivity index (χ0n) is 11.8. The molecular formula is C16H18N2OS. The summed E-state index contributed by atoms with van der Waals surface area (Å²) in [6, 6.07) is 8.45. The van der Waals surface area contributed by atoms with Crippen LogP contribution in [0, 0.1) is 0 Å². The molecule has 1 fully saturated rings. The number of nitrogens with zero attached hydrogens (tertiary/aromatic N) is 2. The molecule has 1 aliphatic rings. The molecular weight excluding hydrogens is 268 g/mol. The fourth-order valence-electron chi connectivity index (χ4n) is 2.20. The lowest BCUT2D eigenvalue weighted by Gasteiger charge is -2.30. The molecule has 3 rings (SSSR count). The fourth-order valence-corrected chi connectivity index (χ4v) is 3.00. The first-order valence-corrected chi connectivity index (χ1v) is 7.88. The molecule has 20 heavy (non-hydrogen) atoms. The Bertz CT molecular complexity index is 612. The molecule has 4 heteroatoms. The second-order valence-corrected chi connectivity index (χ2v) is 6.32. The first-order valence-electron chi connectivity index (χ1n) is 7.00. The van der Waals surface area contributed by atoms with E-state index in [9.17, 15) is 4.79 Å². The summed E-state index contributed by atoms with van der Waals surface area (Å²) >= 11 is 1.54. The summed E-state index contributed by atoms with van der Waals surface area (Å²) in [7, 11) is 0. The number of hydrogen-bond acceptors (Lipinski definition) is 3. The molecule has 0 aliphatic carbocycles. The SMILES string of the molecule is CC(C)c1ccc(-c2nc(C(=O)N3CCC3)cs2)cc1. The van der Waals surface area contributed by atoms with Gasteiger partial charge in [0.2, 0.25) is 0 Å². The van der Waals surface area contributed by atoms with Gasteiger partial charge in [-0.05, 0) is 17.9 Å². The van der Waals surface area contributed by atoms with Crippen LogP contribution < -0.4 is 0 Å². The van der Waals surface area contributed by atoms with E-state index in [0.717, 1.165) is 30.1 Å². The van der Waals surface area contributed by atoms with Gasteiger partial charge in [0, 0.05) is 24.0 Å². The molecule has 1 saturated heterocycles. The molecule has 1 aliphatic heterocycles. The standard InChI is InChI=1S/C16H18N2OS/c1-11(2)12-4-6-13(7-5-12)15-17-14(10-20-15)16(19)18-8-3-9-18/h4-7,10-11H,3,8-9H2,1-2H3. The van der Waals surface area contributed by atoms with Crippen molar-refractivity contribution in [1.82, 2.24) is 9.88 Å². The summed E-state index contributed by atoms with van der Waals surface area (Å²) in [6.07, 6.45) is 1.11. The Morgan fingerprint density at radius 1 is 1.25 bits per heavy atom. The van der Waals surface area contributed by atoms with Gasteiger partial charge in [0.15, 0.2) is 0 Å². The van der Waals surface area contributed by atoms with E-state index in [1.54, 1.807) is 0 Å². The van der Waals surface area contributed by atoms with Crippen molar-refractivity contribution in [3.63, 3.8) is 0 Å². The minimum absolute atomic E-state index is 0.0672. The van der Waals surface area contributed by atoms with Crippen LogP contribution in [0.2, 0.25) is 0 Å². The maximum absolute atomic E-state index is 12.1. The Morgan fingerprint density at radius 3 is 2.50 bits per heavy atom. The van der Waals surface area contributed by atoms with E-state index in [-0.39, 0.29) is 5.91 Å². The molecule has 104 valence electrons. The van der Waals surface area contributed by atoms with Gasteiger partial charge in [-0.1, -0.05) is 38.1 Å². The predicted molar refractivity (Wildman–Crippen MR) is 82.2 cm³/mol. The highest BCUT2D eigenvalue weighted by Crippen LogP contribution is 2.26. The number of rotatable bonds is 3. The van der Waals surface area contributed by atoms with E-state index in [1.165, 1.54) is 16.9 Å². The van der Waals surface area contributed by atoms with Crippen molar-refractivity contribution < 1.29 is 4.79 Å². The molecule has 2 aromatic rings. The van der Waals surface area contributed by atoms with Crippen LogP contribution in [-0.2, 0) is 0 Å². The molecule has 3 nitrogen and oxygen atoms in total. The Hall–Kier alpha value is -1.68. The fraction of sp³-hybridized carbons (Fsp3) is 0.375.